The molecule has 0 saturated heterocycles. The summed E-state index contributed by atoms with van der Waals surface area (Å²) in [4.78, 5) is 2.62. The summed E-state index contributed by atoms with van der Waals surface area (Å²) >= 11 is 0. The predicted octanol–water partition coefficient (Wildman–Crippen LogP) is 2.45. The lowest BCUT2D eigenvalue weighted by molar-refractivity contribution is 0.373. The van der Waals surface area contributed by atoms with E-state index in [2.05, 4.69) is 21.9 Å². The van der Waals surface area contributed by atoms with E-state index >= 15 is 0 Å². The van der Waals surface area contributed by atoms with Gasteiger partial charge >= 0.3 is 0 Å². The number of azide groups is 1. The van der Waals surface area contributed by atoms with E-state index < -0.39 is 0 Å². The van der Waals surface area contributed by atoms with Crippen molar-refractivity contribution >= 4 is 0 Å². The number of hydrogen-bond donors (Lipinski definition) is 1. The Labute approximate surface area is 93.3 Å². The van der Waals surface area contributed by atoms with Gasteiger partial charge in [0.15, 0.2) is 11.5 Å². The number of hydrogen-bond acceptors (Lipinski definition) is 3. The number of nitrogens with zero attached hydrogens (tertiary/aromatic N) is 3. The van der Waals surface area contributed by atoms with Gasteiger partial charge in [-0.2, -0.15) is 0 Å². The third-order valence-corrected chi connectivity index (χ3v) is 1.81. The van der Waals surface area contributed by atoms with Crippen molar-refractivity contribution in [2.45, 2.75) is 6.42 Å². The molecule has 0 unspecified atom stereocenters. The van der Waals surface area contributed by atoms with Crippen LogP contribution in [0, 0.1) is 11.8 Å². The Morgan fingerprint density at radius 3 is 3.00 bits per heavy atom. The lowest BCUT2D eigenvalue weighted by Gasteiger charge is -2.01. The number of aromatic hydroxyl groups is 1. The van der Waals surface area contributed by atoms with Crippen molar-refractivity contribution in [3.63, 3.8) is 0 Å². The number of phenols is 1. The summed E-state index contributed by atoms with van der Waals surface area (Å²) in [5.74, 6) is 6.16. The second kappa shape index (κ2) is 6.23. The highest BCUT2D eigenvalue weighted by Crippen LogP contribution is 2.25. The lowest BCUT2D eigenvalue weighted by Crippen LogP contribution is -1.84. The lowest BCUT2D eigenvalue weighted by atomic mass is 10.2. The van der Waals surface area contributed by atoms with Crippen LogP contribution in [0.2, 0.25) is 0 Å². The van der Waals surface area contributed by atoms with Crippen LogP contribution in [0.4, 0.5) is 0 Å². The van der Waals surface area contributed by atoms with Crippen LogP contribution in [0.25, 0.3) is 10.4 Å². The Balaban J connectivity index is 2.67. The molecule has 0 saturated carbocycles. The van der Waals surface area contributed by atoms with Gasteiger partial charge in [0.2, 0.25) is 0 Å². The van der Waals surface area contributed by atoms with E-state index in [0.29, 0.717) is 24.3 Å². The van der Waals surface area contributed by atoms with Gasteiger partial charge in [-0.1, -0.05) is 17.0 Å². The first-order valence-electron chi connectivity index (χ1n) is 4.64. The molecule has 0 aliphatic heterocycles. The van der Waals surface area contributed by atoms with Crippen LogP contribution in [-0.2, 0) is 0 Å². The molecule has 0 spiro atoms. The zero-order chi connectivity index (χ0) is 11.8. The van der Waals surface area contributed by atoms with Gasteiger partial charge in [0, 0.05) is 23.4 Å². The summed E-state index contributed by atoms with van der Waals surface area (Å²) < 4.78 is 4.90. The maximum absolute atomic E-state index is 9.47. The molecule has 1 aromatic rings. The van der Waals surface area contributed by atoms with Crippen molar-refractivity contribution < 1.29 is 9.84 Å². The van der Waals surface area contributed by atoms with Crippen LogP contribution >= 0.6 is 0 Å². The summed E-state index contributed by atoms with van der Waals surface area (Å²) in [5, 5.41) is 12.8. The SMILES string of the molecule is COc1ccc(C#CCCN=[N+]=[N-])cc1O. The highest BCUT2D eigenvalue weighted by atomic mass is 16.5. The largest absolute Gasteiger partial charge is 0.504 e. The molecule has 1 N–H and O–H groups in total. The molecular formula is C11H11N3O2. The van der Waals surface area contributed by atoms with Gasteiger partial charge in [-0.15, -0.1) is 0 Å². The second-order valence-corrected chi connectivity index (χ2v) is 2.89. The first-order chi connectivity index (χ1) is 7.77. The van der Waals surface area contributed by atoms with Crippen molar-refractivity contribution in [3.8, 4) is 23.3 Å². The summed E-state index contributed by atoms with van der Waals surface area (Å²) in [7, 11) is 1.49. The number of ether oxygens (including phenoxy) is 1. The fourth-order valence-electron chi connectivity index (χ4n) is 1.08. The van der Waals surface area contributed by atoms with Gasteiger partial charge in [0.05, 0.1) is 7.11 Å². The molecule has 5 nitrogen and oxygen atoms in total. The van der Waals surface area contributed by atoms with E-state index in [-0.39, 0.29) is 5.75 Å². The average Bonchev–Trinajstić information content (AvgIpc) is 2.29. The van der Waals surface area contributed by atoms with Crippen molar-refractivity contribution in [3.05, 3.63) is 34.2 Å². The smallest absolute Gasteiger partial charge is 0.160 e. The molecule has 1 aromatic carbocycles. The number of benzene rings is 1. The average molecular weight is 217 g/mol. The van der Waals surface area contributed by atoms with E-state index in [1.54, 1.807) is 12.1 Å². The van der Waals surface area contributed by atoms with Crippen LogP contribution in [0.1, 0.15) is 12.0 Å². The van der Waals surface area contributed by atoms with E-state index in [1.165, 1.54) is 13.2 Å². The molecule has 0 bridgehead atoms. The highest BCUT2D eigenvalue weighted by Gasteiger charge is 1.99. The first kappa shape index (κ1) is 11.8. The van der Waals surface area contributed by atoms with Crippen LogP contribution in [0.3, 0.4) is 0 Å². The topological polar surface area (TPSA) is 78.2 Å². The third-order valence-electron chi connectivity index (χ3n) is 1.81. The fourth-order valence-corrected chi connectivity index (χ4v) is 1.08. The number of rotatable bonds is 3. The van der Waals surface area contributed by atoms with E-state index in [9.17, 15) is 5.11 Å². The van der Waals surface area contributed by atoms with Crippen molar-refractivity contribution in [1.82, 2.24) is 0 Å². The monoisotopic (exact) mass is 217 g/mol. The zero-order valence-corrected chi connectivity index (χ0v) is 8.84. The summed E-state index contributed by atoms with van der Waals surface area (Å²) in [6, 6.07) is 4.92. The van der Waals surface area contributed by atoms with Crippen LogP contribution in [0.15, 0.2) is 23.3 Å². The maximum atomic E-state index is 9.47. The Hall–Kier alpha value is -2.31. The molecule has 5 heteroatoms. The highest BCUT2D eigenvalue weighted by molar-refractivity contribution is 5.47. The predicted molar refractivity (Wildman–Crippen MR) is 60.2 cm³/mol. The van der Waals surface area contributed by atoms with Gasteiger partial charge in [-0.05, 0) is 23.7 Å². The Morgan fingerprint density at radius 2 is 2.38 bits per heavy atom. The molecule has 0 atom stereocenters. The molecule has 0 aliphatic rings. The molecule has 0 amide bonds. The van der Waals surface area contributed by atoms with Gasteiger partial charge < -0.3 is 9.84 Å². The molecular weight excluding hydrogens is 206 g/mol. The van der Waals surface area contributed by atoms with Gasteiger partial charge in [0.25, 0.3) is 0 Å². The Morgan fingerprint density at radius 1 is 1.56 bits per heavy atom. The molecule has 0 radical (unpaired) electrons. The van der Waals surface area contributed by atoms with Gasteiger partial charge in [-0.3, -0.25) is 0 Å². The summed E-state index contributed by atoms with van der Waals surface area (Å²) in [6.45, 7) is 0.353. The quantitative estimate of drug-likeness (QED) is 0.277. The first-order valence-corrected chi connectivity index (χ1v) is 4.64. The van der Waals surface area contributed by atoms with Crippen molar-refractivity contribution in [2.75, 3.05) is 13.7 Å². The van der Waals surface area contributed by atoms with Crippen LogP contribution in [-0.4, -0.2) is 18.8 Å². The number of phenolic OH excluding ortho intramolecular Hbond substituents is 1. The van der Waals surface area contributed by atoms with Crippen molar-refractivity contribution in [2.24, 2.45) is 5.11 Å². The van der Waals surface area contributed by atoms with Crippen molar-refractivity contribution in [1.29, 1.82) is 0 Å². The van der Waals surface area contributed by atoms with Crippen LogP contribution in [0.5, 0.6) is 11.5 Å². The van der Waals surface area contributed by atoms with E-state index in [0.717, 1.165) is 0 Å². The summed E-state index contributed by atoms with van der Waals surface area (Å²) in [6.07, 6.45) is 0.497. The molecule has 0 fully saturated rings. The minimum Gasteiger partial charge on any atom is -0.504 e. The minimum absolute atomic E-state index is 0.0596. The Bertz CT molecular complexity index is 468. The minimum atomic E-state index is 0.0596. The third kappa shape index (κ3) is 3.45. The maximum Gasteiger partial charge on any atom is 0.160 e. The molecule has 0 aromatic heterocycles. The molecule has 16 heavy (non-hydrogen) atoms. The van der Waals surface area contributed by atoms with Crippen LogP contribution < -0.4 is 4.74 Å². The van der Waals surface area contributed by atoms with Gasteiger partial charge in [-0.25, -0.2) is 0 Å². The molecule has 0 heterocycles. The molecule has 0 aliphatic carbocycles. The van der Waals surface area contributed by atoms with E-state index in [4.69, 9.17) is 10.3 Å². The normalized spacial score (nSPS) is 8.56. The number of methoxy groups -OCH3 is 1. The zero-order valence-electron chi connectivity index (χ0n) is 8.84. The Kier molecular flexibility index (Phi) is 4.58. The molecule has 82 valence electrons. The van der Waals surface area contributed by atoms with Gasteiger partial charge in [0.1, 0.15) is 0 Å². The second-order valence-electron chi connectivity index (χ2n) is 2.89. The molecule has 1 rings (SSSR count). The van der Waals surface area contributed by atoms with E-state index in [1.807, 2.05) is 0 Å². The fraction of sp³-hybridized carbons (Fsp3) is 0.273. The summed E-state index contributed by atoms with van der Waals surface area (Å²) in [5.41, 5.74) is 8.73. The standard InChI is InChI=1S/C11H11N3O2/c1-16-11-6-5-9(8-10(11)15)4-2-3-7-13-14-12/h5-6,8,15H,3,7H2,1H3.